The van der Waals surface area contributed by atoms with Crippen molar-refractivity contribution >= 4 is 15.9 Å². The second-order valence-corrected chi connectivity index (χ2v) is 4.10. The van der Waals surface area contributed by atoms with Gasteiger partial charge in [-0.25, -0.2) is 0 Å². The lowest BCUT2D eigenvalue weighted by Crippen LogP contribution is -2.12. The first-order valence-corrected chi connectivity index (χ1v) is 5.13. The van der Waals surface area contributed by atoms with Crippen molar-refractivity contribution < 1.29 is 4.74 Å². The second kappa shape index (κ2) is 3.69. The predicted molar refractivity (Wildman–Crippen MR) is 57.8 cm³/mol. The normalized spacial score (nSPS) is 17.0. The Morgan fingerprint density at radius 1 is 1.27 bits per heavy atom. The van der Waals surface area contributed by atoms with E-state index in [9.17, 15) is 0 Å². The van der Waals surface area contributed by atoms with Crippen LogP contribution in [0.1, 0.15) is 12.5 Å². The van der Waals surface area contributed by atoms with Crippen LogP contribution in [0.15, 0.2) is 43.3 Å². The molecule has 0 bridgehead atoms. The van der Waals surface area contributed by atoms with Gasteiger partial charge in [0.1, 0.15) is 5.75 Å². The summed E-state index contributed by atoms with van der Waals surface area (Å²) >= 11 is 3.41. The smallest absolute Gasteiger partial charge is 0.217 e. The average molecular weight is 269 g/mol. The van der Waals surface area contributed by atoms with Crippen LogP contribution in [0.5, 0.6) is 5.75 Å². The first kappa shape index (κ1) is 10.2. The van der Waals surface area contributed by atoms with Gasteiger partial charge in [-0.15, -0.1) is 10.2 Å². The van der Waals surface area contributed by atoms with Gasteiger partial charge in [0.25, 0.3) is 0 Å². The topological polar surface area (TPSA) is 58.7 Å². The first-order valence-electron chi connectivity index (χ1n) is 4.34. The summed E-state index contributed by atoms with van der Waals surface area (Å²) in [5.74, 6) is 0.772. The molecule has 0 aliphatic carbocycles. The van der Waals surface area contributed by atoms with Crippen LogP contribution in [-0.4, -0.2) is 7.11 Å². The third kappa shape index (κ3) is 1.77. The van der Waals surface area contributed by atoms with Crippen molar-refractivity contribution in [2.24, 2.45) is 20.7 Å². The van der Waals surface area contributed by atoms with E-state index in [0.717, 1.165) is 15.8 Å². The molecule has 78 valence electrons. The lowest BCUT2D eigenvalue weighted by Gasteiger charge is -2.15. The molecule has 1 aliphatic heterocycles. The average Bonchev–Trinajstić information content (AvgIpc) is 2.66. The van der Waals surface area contributed by atoms with Crippen LogP contribution < -0.4 is 4.74 Å². The Morgan fingerprint density at radius 3 is 2.47 bits per heavy atom. The summed E-state index contributed by atoms with van der Waals surface area (Å²) in [6.45, 7) is 1.85. The number of hydrogen-bond acceptors (Lipinski definition) is 5. The molecule has 0 amide bonds. The molecule has 1 aromatic carbocycles. The minimum atomic E-state index is -0.700. The van der Waals surface area contributed by atoms with Crippen LogP contribution in [0.2, 0.25) is 0 Å². The molecule has 1 heterocycles. The number of methoxy groups -OCH3 is 1. The molecule has 0 unspecified atom stereocenters. The fourth-order valence-corrected chi connectivity index (χ4v) is 1.85. The Bertz CT molecular complexity index is 432. The molecule has 5 nitrogen and oxygen atoms in total. The molecule has 6 heteroatoms. The first-order chi connectivity index (χ1) is 7.15. The van der Waals surface area contributed by atoms with E-state index in [-0.39, 0.29) is 0 Å². The SMILES string of the molecule is COc1ccc(C2(C)N=NN=N2)cc1Br. The Morgan fingerprint density at radius 2 is 1.93 bits per heavy atom. The van der Waals surface area contributed by atoms with Crippen LogP contribution in [0.3, 0.4) is 0 Å². The summed E-state index contributed by atoms with van der Waals surface area (Å²) < 4.78 is 6.00. The molecule has 1 aromatic rings. The second-order valence-electron chi connectivity index (χ2n) is 3.25. The maximum Gasteiger partial charge on any atom is 0.217 e. The zero-order chi connectivity index (χ0) is 10.9. The van der Waals surface area contributed by atoms with E-state index in [1.807, 2.05) is 25.1 Å². The summed E-state index contributed by atoms with van der Waals surface area (Å²) in [5, 5.41) is 15.0. The van der Waals surface area contributed by atoms with Crippen molar-refractivity contribution in [2.45, 2.75) is 12.6 Å². The maximum atomic E-state index is 5.14. The molecule has 1 aliphatic rings. The van der Waals surface area contributed by atoms with Gasteiger partial charge in [0, 0.05) is 5.56 Å². The van der Waals surface area contributed by atoms with E-state index in [1.165, 1.54) is 0 Å². The van der Waals surface area contributed by atoms with Crippen molar-refractivity contribution in [2.75, 3.05) is 7.11 Å². The van der Waals surface area contributed by atoms with E-state index >= 15 is 0 Å². The Kier molecular flexibility index (Phi) is 2.52. The number of hydrogen-bond donors (Lipinski definition) is 0. The molecule has 0 saturated heterocycles. The Hall–Kier alpha value is -1.30. The summed E-state index contributed by atoms with van der Waals surface area (Å²) in [6, 6.07) is 5.66. The van der Waals surface area contributed by atoms with Crippen LogP contribution in [0.4, 0.5) is 0 Å². The van der Waals surface area contributed by atoms with Crippen molar-refractivity contribution in [3.63, 3.8) is 0 Å². The molecule has 0 spiro atoms. The zero-order valence-electron chi connectivity index (χ0n) is 8.31. The quantitative estimate of drug-likeness (QED) is 0.810. The van der Waals surface area contributed by atoms with E-state index < -0.39 is 5.66 Å². The molecule has 0 N–H and O–H groups in total. The van der Waals surface area contributed by atoms with Gasteiger partial charge in [0.15, 0.2) is 0 Å². The van der Waals surface area contributed by atoms with E-state index in [1.54, 1.807) is 7.11 Å². The van der Waals surface area contributed by atoms with Crippen LogP contribution >= 0.6 is 15.9 Å². The lowest BCUT2D eigenvalue weighted by atomic mass is 10.0. The predicted octanol–water partition coefficient (Wildman–Crippen LogP) is 3.46. The third-order valence-corrected chi connectivity index (χ3v) is 2.84. The van der Waals surface area contributed by atoms with Crippen molar-refractivity contribution in [3.05, 3.63) is 28.2 Å². The van der Waals surface area contributed by atoms with Gasteiger partial charge in [-0.2, -0.15) is 0 Å². The van der Waals surface area contributed by atoms with Gasteiger partial charge < -0.3 is 4.74 Å². The molecule has 0 radical (unpaired) electrons. The largest absolute Gasteiger partial charge is 0.496 e. The minimum absolute atomic E-state index is 0.700. The van der Waals surface area contributed by atoms with Gasteiger partial charge >= 0.3 is 0 Å². The zero-order valence-corrected chi connectivity index (χ0v) is 9.89. The van der Waals surface area contributed by atoms with E-state index in [0.29, 0.717) is 0 Å². The fraction of sp³-hybridized carbons (Fsp3) is 0.333. The van der Waals surface area contributed by atoms with Crippen molar-refractivity contribution in [1.29, 1.82) is 0 Å². The van der Waals surface area contributed by atoms with Crippen LogP contribution in [-0.2, 0) is 5.66 Å². The van der Waals surface area contributed by atoms with Crippen molar-refractivity contribution in [1.82, 2.24) is 0 Å². The fourth-order valence-electron chi connectivity index (χ4n) is 1.31. The molecular formula is C9H9BrN4O. The minimum Gasteiger partial charge on any atom is -0.496 e. The lowest BCUT2D eigenvalue weighted by molar-refractivity contribution is 0.411. The number of ether oxygens (including phenoxy) is 1. The molecular weight excluding hydrogens is 260 g/mol. The molecule has 15 heavy (non-hydrogen) atoms. The highest BCUT2D eigenvalue weighted by atomic mass is 79.9. The summed E-state index contributed by atoms with van der Waals surface area (Å²) in [7, 11) is 1.62. The monoisotopic (exact) mass is 268 g/mol. The highest BCUT2D eigenvalue weighted by Crippen LogP contribution is 2.35. The maximum absolute atomic E-state index is 5.14. The Balaban J connectivity index is 2.42. The van der Waals surface area contributed by atoms with Crippen LogP contribution in [0.25, 0.3) is 0 Å². The van der Waals surface area contributed by atoms with E-state index in [4.69, 9.17) is 4.74 Å². The molecule has 2 rings (SSSR count). The van der Waals surface area contributed by atoms with E-state index in [2.05, 4.69) is 36.6 Å². The number of benzene rings is 1. The molecule has 0 fully saturated rings. The van der Waals surface area contributed by atoms with Gasteiger partial charge in [-0.3, -0.25) is 0 Å². The standard InChI is InChI=1S/C9H9BrN4O/c1-9(11-13-14-12-9)6-3-4-8(15-2)7(10)5-6/h3-5H,1-2H3. The van der Waals surface area contributed by atoms with Crippen LogP contribution in [0, 0.1) is 0 Å². The highest BCUT2D eigenvalue weighted by Gasteiger charge is 2.29. The highest BCUT2D eigenvalue weighted by molar-refractivity contribution is 9.10. The molecule has 0 atom stereocenters. The summed E-state index contributed by atoms with van der Waals surface area (Å²) in [6.07, 6.45) is 0. The summed E-state index contributed by atoms with van der Waals surface area (Å²) in [5.41, 5.74) is 0.217. The number of nitrogens with zero attached hydrogens (tertiary/aromatic N) is 4. The van der Waals surface area contributed by atoms with Gasteiger partial charge in [0.05, 0.1) is 11.6 Å². The van der Waals surface area contributed by atoms with Gasteiger partial charge in [-0.1, -0.05) is 6.07 Å². The molecule has 0 aromatic heterocycles. The third-order valence-electron chi connectivity index (χ3n) is 2.22. The molecule has 0 saturated carbocycles. The number of rotatable bonds is 2. The van der Waals surface area contributed by atoms with Crippen molar-refractivity contribution in [3.8, 4) is 5.75 Å². The number of halogens is 1. The van der Waals surface area contributed by atoms with Gasteiger partial charge in [0.2, 0.25) is 5.66 Å². The van der Waals surface area contributed by atoms with Gasteiger partial charge in [-0.05, 0) is 45.4 Å². The Labute approximate surface area is 95.4 Å². The summed E-state index contributed by atoms with van der Waals surface area (Å²) in [4.78, 5) is 0.